The highest BCUT2D eigenvalue weighted by Crippen LogP contribution is 2.27. The summed E-state index contributed by atoms with van der Waals surface area (Å²) in [5.41, 5.74) is 0.137. The Kier molecular flexibility index (Phi) is 3.02. The maximum Gasteiger partial charge on any atom is 0.335 e. The van der Waals surface area contributed by atoms with Gasteiger partial charge in [0.05, 0.1) is 29.1 Å². The van der Waals surface area contributed by atoms with Crippen LogP contribution in [0.15, 0.2) is 35.2 Å². The Bertz CT molecular complexity index is 789. The molecule has 1 aliphatic rings. The average Bonchev–Trinajstić information content (AvgIpc) is 2.72. The number of benzene rings is 1. The molecule has 0 bridgehead atoms. The molecule has 0 spiro atoms. The number of amides is 2. The number of rotatable bonds is 2. The van der Waals surface area contributed by atoms with E-state index >= 15 is 0 Å². The quantitative estimate of drug-likeness (QED) is 0.830. The van der Waals surface area contributed by atoms with Gasteiger partial charge in [-0.15, -0.1) is 0 Å². The van der Waals surface area contributed by atoms with Gasteiger partial charge in [-0.3, -0.25) is 9.59 Å². The molecular weight excluding hydrogens is 342 g/mol. The lowest BCUT2D eigenvalue weighted by atomic mass is 10.1. The number of hydrogen-bond donors (Lipinski definition) is 1. The van der Waals surface area contributed by atoms with E-state index in [-0.39, 0.29) is 22.5 Å². The summed E-state index contributed by atoms with van der Waals surface area (Å²) in [6.07, 6.45) is 2.64. The van der Waals surface area contributed by atoms with E-state index in [2.05, 4.69) is 25.9 Å². The Labute approximate surface area is 126 Å². The topological polar surface area (TPSA) is 100 Å². The van der Waals surface area contributed by atoms with Crippen molar-refractivity contribution in [3.63, 3.8) is 0 Å². The minimum Gasteiger partial charge on any atom is -0.478 e. The fourth-order valence-electron chi connectivity index (χ4n) is 2.00. The van der Waals surface area contributed by atoms with E-state index < -0.39 is 17.8 Å². The number of carbonyl (C=O) groups is 3. The minimum atomic E-state index is -1.17. The van der Waals surface area contributed by atoms with Gasteiger partial charge in [0.2, 0.25) is 0 Å². The minimum absolute atomic E-state index is 0.0459. The van der Waals surface area contributed by atoms with Gasteiger partial charge >= 0.3 is 5.97 Å². The number of nitrogens with zero attached hydrogens (tertiary/aromatic N) is 3. The van der Waals surface area contributed by atoms with Crippen molar-refractivity contribution in [1.29, 1.82) is 0 Å². The molecule has 3 rings (SSSR count). The smallest absolute Gasteiger partial charge is 0.335 e. The Hall–Kier alpha value is -2.61. The molecule has 1 aromatic carbocycles. The summed E-state index contributed by atoms with van der Waals surface area (Å²) in [4.78, 5) is 44.2. The molecule has 104 valence electrons. The number of halogens is 1. The standard InChI is InChI=1S/C13H6BrN3O4/c14-9-4-16-10(5-15-9)17-11(18)7-2-1-6(13(20)21)3-8(7)12(17)19/h1-5H,(H,20,21). The van der Waals surface area contributed by atoms with Crippen LogP contribution in [0.2, 0.25) is 0 Å². The zero-order valence-electron chi connectivity index (χ0n) is 10.3. The second-order valence-electron chi connectivity index (χ2n) is 4.21. The molecule has 0 fully saturated rings. The molecule has 2 heterocycles. The van der Waals surface area contributed by atoms with Gasteiger partial charge in [0.25, 0.3) is 11.8 Å². The summed E-state index contributed by atoms with van der Waals surface area (Å²) >= 11 is 3.11. The zero-order chi connectivity index (χ0) is 15.1. The summed E-state index contributed by atoms with van der Waals surface area (Å²) in [5.74, 6) is -2.25. The van der Waals surface area contributed by atoms with Gasteiger partial charge in [-0.25, -0.2) is 19.7 Å². The third-order valence-corrected chi connectivity index (χ3v) is 3.38. The molecular formula is C13H6BrN3O4. The molecule has 0 radical (unpaired) electrons. The van der Waals surface area contributed by atoms with E-state index in [1.807, 2.05) is 0 Å². The summed E-state index contributed by atoms with van der Waals surface area (Å²) < 4.78 is 0.469. The monoisotopic (exact) mass is 347 g/mol. The predicted molar refractivity (Wildman–Crippen MR) is 74.3 cm³/mol. The predicted octanol–water partition coefficient (Wildman–Crippen LogP) is 1.74. The van der Waals surface area contributed by atoms with E-state index in [0.717, 1.165) is 4.90 Å². The highest BCUT2D eigenvalue weighted by molar-refractivity contribution is 9.10. The molecule has 0 saturated heterocycles. The molecule has 1 aliphatic heterocycles. The number of aromatic nitrogens is 2. The fraction of sp³-hybridized carbons (Fsp3) is 0. The molecule has 1 aromatic heterocycles. The van der Waals surface area contributed by atoms with Gasteiger partial charge in [0.15, 0.2) is 5.82 Å². The number of carbonyl (C=O) groups excluding carboxylic acids is 2. The normalized spacial score (nSPS) is 13.5. The Balaban J connectivity index is 2.08. The van der Waals surface area contributed by atoms with E-state index in [0.29, 0.717) is 4.60 Å². The molecule has 1 N–H and O–H groups in total. The van der Waals surface area contributed by atoms with Crippen molar-refractivity contribution in [3.8, 4) is 0 Å². The zero-order valence-corrected chi connectivity index (χ0v) is 11.9. The number of carboxylic acids is 1. The molecule has 7 nitrogen and oxygen atoms in total. The van der Waals surface area contributed by atoms with Crippen LogP contribution in [0, 0.1) is 0 Å². The maximum absolute atomic E-state index is 12.3. The van der Waals surface area contributed by atoms with Gasteiger partial charge in [-0.2, -0.15) is 0 Å². The molecule has 0 aliphatic carbocycles. The van der Waals surface area contributed by atoms with Crippen molar-refractivity contribution >= 4 is 39.5 Å². The van der Waals surface area contributed by atoms with Crippen LogP contribution in [-0.2, 0) is 0 Å². The molecule has 2 aromatic rings. The van der Waals surface area contributed by atoms with Gasteiger partial charge in [0, 0.05) is 0 Å². The summed E-state index contributed by atoms with van der Waals surface area (Å²) in [5, 5.41) is 8.94. The van der Waals surface area contributed by atoms with Crippen molar-refractivity contribution in [2.45, 2.75) is 0 Å². The fourth-order valence-corrected chi connectivity index (χ4v) is 2.21. The Morgan fingerprint density at radius 2 is 1.81 bits per heavy atom. The molecule has 2 amide bonds. The van der Waals surface area contributed by atoms with Crippen LogP contribution < -0.4 is 4.90 Å². The third-order valence-electron chi connectivity index (χ3n) is 2.97. The van der Waals surface area contributed by atoms with Crippen LogP contribution in [0.4, 0.5) is 5.82 Å². The largest absolute Gasteiger partial charge is 0.478 e. The summed E-state index contributed by atoms with van der Waals surface area (Å²) in [7, 11) is 0. The highest BCUT2D eigenvalue weighted by Gasteiger charge is 2.38. The van der Waals surface area contributed by atoms with Crippen LogP contribution >= 0.6 is 15.9 Å². The van der Waals surface area contributed by atoms with Crippen molar-refractivity contribution in [2.24, 2.45) is 0 Å². The van der Waals surface area contributed by atoms with Crippen LogP contribution in [0.1, 0.15) is 31.1 Å². The lowest BCUT2D eigenvalue weighted by Gasteiger charge is -2.11. The molecule has 8 heteroatoms. The van der Waals surface area contributed by atoms with Gasteiger partial charge < -0.3 is 5.11 Å². The third kappa shape index (κ3) is 2.09. The molecule has 0 unspecified atom stereocenters. The summed E-state index contributed by atoms with van der Waals surface area (Å²) in [6.45, 7) is 0. The maximum atomic E-state index is 12.3. The number of imide groups is 1. The van der Waals surface area contributed by atoms with Crippen molar-refractivity contribution in [3.05, 3.63) is 51.9 Å². The molecule has 0 atom stereocenters. The Morgan fingerprint density at radius 1 is 1.10 bits per heavy atom. The first-order valence-corrected chi connectivity index (χ1v) is 6.52. The Morgan fingerprint density at radius 3 is 2.43 bits per heavy atom. The molecule has 0 saturated carbocycles. The average molecular weight is 348 g/mol. The lowest BCUT2D eigenvalue weighted by molar-refractivity contribution is 0.0696. The van der Waals surface area contributed by atoms with E-state index in [4.69, 9.17) is 5.11 Å². The highest BCUT2D eigenvalue weighted by atomic mass is 79.9. The van der Waals surface area contributed by atoms with Gasteiger partial charge in [-0.05, 0) is 34.1 Å². The second-order valence-corrected chi connectivity index (χ2v) is 5.02. The van der Waals surface area contributed by atoms with Crippen LogP contribution in [0.25, 0.3) is 0 Å². The summed E-state index contributed by atoms with van der Waals surface area (Å²) in [6, 6.07) is 3.79. The van der Waals surface area contributed by atoms with Crippen molar-refractivity contribution in [2.75, 3.05) is 4.90 Å². The van der Waals surface area contributed by atoms with E-state index in [9.17, 15) is 14.4 Å². The first-order valence-electron chi connectivity index (χ1n) is 5.72. The van der Waals surface area contributed by atoms with Crippen molar-refractivity contribution < 1.29 is 19.5 Å². The van der Waals surface area contributed by atoms with Crippen LogP contribution in [0.5, 0.6) is 0 Å². The van der Waals surface area contributed by atoms with Crippen LogP contribution in [-0.4, -0.2) is 32.9 Å². The first-order chi connectivity index (χ1) is 9.99. The SMILES string of the molecule is O=C(O)c1ccc2c(c1)C(=O)N(c1cnc(Br)cn1)C2=O. The first kappa shape index (κ1) is 13.4. The number of fused-ring (bicyclic) bond motifs is 1. The van der Waals surface area contributed by atoms with E-state index in [1.165, 1.54) is 30.6 Å². The number of hydrogen-bond acceptors (Lipinski definition) is 5. The number of anilines is 1. The number of carboxylic acid groups (broad SMARTS) is 1. The number of aromatic carboxylic acids is 1. The van der Waals surface area contributed by atoms with Crippen LogP contribution in [0.3, 0.4) is 0 Å². The van der Waals surface area contributed by atoms with Crippen molar-refractivity contribution in [1.82, 2.24) is 9.97 Å². The lowest BCUT2D eigenvalue weighted by Crippen LogP contribution is -2.30. The van der Waals surface area contributed by atoms with Gasteiger partial charge in [-0.1, -0.05) is 0 Å². The van der Waals surface area contributed by atoms with Gasteiger partial charge in [0.1, 0.15) is 4.60 Å². The second kappa shape index (κ2) is 4.74. The molecule has 21 heavy (non-hydrogen) atoms. The van der Waals surface area contributed by atoms with E-state index in [1.54, 1.807) is 0 Å².